The predicted molar refractivity (Wildman–Crippen MR) is 136 cm³/mol. The third kappa shape index (κ3) is 9.63. The molecule has 192 valence electrons. The van der Waals surface area contributed by atoms with Crippen molar-refractivity contribution in [2.24, 2.45) is 5.92 Å². The fourth-order valence-electron chi connectivity index (χ4n) is 4.50. The molecule has 0 radical (unpaired) electrons. The lowest BCUT2D eigenvalue weighted by Gasteiger charge is -2.31. The normalized spacial score (nSPS) is 25.0. The lowest BCUT2D eigenvalue weighted by molar-refractivity contribution is -0.139. The lowest BCUT2D eigenvalue weighted by Crippen LogP contribution is -2.53. The molecule has 0 aromatic heterocycles. The van der Waals surface area contributed by atoms with E-state index >= 15 is 0 Å². The predicted octanol–water partition coefficient (Wildman–Crippen LogP) is 3.64. The van der Waals surface area contributed by atoms with Crippen LogP contribution in [0.2, 0.25) is 0 Å². The molecule has 0 aliphatic carbocycles. The summed E-state index contributed by atoms with van der Waals surface area (Å²) in [5.41, 5.74) is 1.07. The number of aliphatic hydroxyl groups is 1. The number of ether oxygens (including phenoxy) is 1. The van der Waals surface area contributed by atoms with E-state index in [0.717, 1.165) is 43.4 Å². The average Bonchev–Trinajstić information content (AvgIpc) is 2.83. The van der Waals surface area contributed by atoms with Crippen molar-refractivity contribution in [3.63, 3.8) is 0 Å². The Balaban J connectivity index is 2.02. The number of likely N-dealkylation sites (N-methyl/N-ethyl adjacent to an activating group) is 1. The highest BCUT2D eigenvalue weighted by Crippen LogP contribution is 2.19. The zero-order valence-electron chi connectivity index (χ0n) is 21.5. The minimum Gasteiger partial charge on any atom is -0.497 e. The van der Waals surface area contributed by atoms with Crippen molar-refractivity contribution in [3.05, 3.63) is 29.8 Å². The van der Waals surface area contributed by atoms with E-state index in [4.69, 9.17) is 4.74 Å². The quantitative estimate of drug-likeness (QED) is 0.584. The second kappa shape index (κ2) is 15.0. The molecular weight excluding hydrogens is 430 g/mol. The molecule has 0 spiro atoms. The Morgan fingerprint density at radius 2 is 1.85 bits per heavy atom. The molecule has 2 unspecified atom stereocenters. The fraction of sp³-hybridized carbons (Fsp3) is 0.704. The molecule has 1 heterocycles. The number of amides is 2. The standard InChI is InChI=1S/C27H45N3O4/c1-20-12-9-7-5-6-8-10-15-26(32)30(3)21(2)27(33)29-24(16-20)25(31)19-28-18-22-13-11-14-23(17-22)34-4/h11,13-14,17,20-21,24-25,28,31H,5-10,12,15-16,18-19H2,1-4H3,(H,29,33)/t20-,21+,24?,25?/m1/s1. The van der Waals surface area contributed by atoms with Gasteiger partial charge in [0.05, 0.1) is 19.3 Å². The maximum absolute atomic E-state index is 13.0. The number of hydrogen-bond acceptors (Lipinski definition) is 5. The molecule has 2 amide bonds. The summed E-state index contributed by atoms with van der Waals surface area (Å²) < 4.78 is 5.27. The molecule has 0 bridgehead atoms. The molecule has 7 heteroatoms. The van der Waals surface area contributed by atoms with Crippen LogP contribution < -0.4 is 15.4 Å². The van der Waals surface area contributed by atoms with Gasteiger partial charge in [0.1, 0.15) is 11.8 Å². The van der Waals surface area contributed by atoms with Crippen LogP contribution in [0.3, 0.4) is 0 Å². The van der Waals surface area contributed by atoms with Crippen molar-refractivity contribution in [2.45, 2.75) is 96.4 Å². The van der Waals surface area contributed by atoms with Gasteiger partial charge in [0, 0.05) is 26.6 Å². The third-order valence-corrected chi connectivity index (χ3v) is 6.96. The highest BCUT2D eigenvalue weighted by molar-refractivity contribution is 5.87. The summed E-state index contributed by atoms with van der Waals surface area (Å²) in [5.74, 6) is 0.971. The molecule has 3 N–H and O–H groups in total. The van der Waals surface area contributed by atoms with E-state index in [1.165, 1.54) is 17.7 Å². The van der Waals surface area contributed by atoms with Crippen molar-refractivity contribution in [1.29, 1.82) is 0 Å². The zero-order chi connectivity index (χ0) is 24.9. The van der Waals surface area contributed by atoms with Crippen LogP contribution in [-0.2, 0) is 16.1 Å². The van der Waals surface area contributed by atoms with Gasteiger partial charge < -0.3 is 25.4 Å². The molecule has 1 saturated heterocycles. The molecule has 7 nitrogen and oxygen atoms in total. The number of benzene rings is 1. The van der Waals surface area contributed by atoms with Crippen LogP contribution >= 0.6 is 0 Å². The molecule has 1 aromatic carbocycles. The molecule has 1 aliphatic heterocycles. The second-order valence-electron chi connectivity index (χ2n) is 9.85. The molecule has 34 heavy (non-hydrogen) atoms. The summed E-state index contributed by atoms with van der Waals surface area (Å²) in [5, 5.41) is 17.4. The van der Waals surface area contributed by atoms with Crippen LogP contribution in [0, 0.1) is 5.92 Å². The topological polar surface area (TPSA) is 90.9 Å². The highest BCUT2D eigenvalue weighted by Gasteiger charge is 2.28. The van der Waals surface area contributed by atoms with Crippen LogP contribution in [-0.4, -0.2) is 60.7 Å². The molecule has 4 atom stereocenters. The van der Waals surface area contributed by atoms with E-state index in [2.05, 4.69) is 17.6 Å². The van der Waals surface area contributed by atoms with Crippen molar-refractivity contribution in [2.75, 3.05) is 20.7 Å². The Morgan fingerprint density at radius 1 is 1.15 bits per heavy atom. The number of nitrogens with one attached hydrogen (secondary N) is 2. The van der Waals surface area contributed by atoms with Gasteiger partial charge in [-0.05, 0) is 43.4 Å². The zero-order valence-corrected chi connectivity index (χ0v) is 21.5. The van der Waals surface area contributed by atoms with Gasteiger partial charge in [0.2, 0.25) is 11.8 Å². The SMILES string of the molecule is COc1cccc(CNCC(O)C2C[C@H](C)CCCCCCCCC(=O)N(C)[C@@H](C)C(=O)N2)c1. The Kier molecular flexibility index (Phi) is 12.4. The summed E-state index contributed by atoms with van der Waals surface area (Å²) in [6.07, 6.45) is 8.17. The summed E-state index contributed by atoms with van der Waals surface area (Å²) in [7, 11) is 3.34. The van der Waals surface area contributed by atoms with E-state index in [0.29, 0.717) is 31.8 Å². The number of aliphatic hydroxyl groups excluding tert-OH is 1. The molecule has 1 fully saturated rings. The Bertz CT molecular complexity index is 757. The van der Waals surface area contributed by atoms with Crippen molar-refractivity contribution >= 4 is 11.8 Å². The Labute approximate surface area is 205 Å². The summed E-state index contributed by atoms with van der Waals surface area (Å²) >= 11 is 0. The van der Waals surface area contributed by atoms with Crippen LogP contribution in [0.15, 0.2) is 24.3 Å². The number of hydrogen-bond donors (Lipinski definition) is 3. The summed E-state index contributed by atoms with van der Waals surface area (Å²) in [4.78, 5) is 27.1. The first-order chi connectivity index (χ1) is 16.3. The van der Waals surface area contributed by atoms with Crippen molar-refractivity contribution in [1.82, 2.24) is 15.5 Å². The lowest BCUT2D eigenvalue weighted by atomic mass is 9.92. The van der Waals surface area contributed by atoms with Gasteiger partial charge in [-0.15, -0.1) is 0 Å². The monoisotopic (exact) mass is 475 g/mol. The molecule has 0 saturated carbocycles. The number of methoxy groups -OCH3 is 1. The minimum absolute atomic E-state index is 0.000154. The van der Waals surface area contributed by atoms with Gasteiger partial charge in [-0.2, -0.15) is 0 Å². The van der Waals surface area contributed by atoms with Crippen LogP contribution in [0.4, 0.5) is 0 Å². The largest absolute Gasteiger partial charge is 0.497 e. The summed E-state index contributed by atoms with van der Waals surface area (Å²) in [6, 6.07) is 6.86. The third-order valence-electron chi connectivity index (χ3n) is 6.96. The first kappa shape index (κ1) is 28.1. The van der Waals surface area contributed by atoms with Crippen LogP contribution in [0.25, 0.3) is 0 Å². The van der Waals surface area contributed by atoms with Crippen molar-refractivity contribution < 1.29 is 19.4 Å². The maximum atomic E-state index is 13.0. The molecule has 2 rings (SSSR count). The first-order valence-electron chi connectivity index (χ1n) is 12.9. The fourth-order valence-corrected chi connectivity index (χ4v) is 4.50. The number of nitrogens with zero attached hydrogens (tertiary/aromatic N) is 1. The van der Waals surface area contributed by atoms with Crippen molar-refractivity contribution in [3.8, 4) is 5.75 Å². The van der Waals surface area contributed by atoms with Gasteiger partial charge in [0.15, 0.2) is 0 Å². The van der Waals surface area contributed by atoms with E-state index in [-0.39, 0.29) is 17.9 Å². The van der Waals surface area contributed by atoms with Gasteiger partial charge in [-0.3, -0.25) is 9.59 Å². The van der Waals surface area contributed by atoms with Gasteiger partial charge in [-0.1, -0.05) is 57.6 Å². The van der Waals surface area contributed by atoms with E-state index in [1.54, 1.807) is 21.1 Å². The van der Waals surface area contributed by atoms with E-state index in [1.807, 2.05) is 24.3 Å². The summed E-state index contributed by atoms with van der Waals surface area (Å²) in [6.45, 7) is 4.90. The number of rotatable bonds is 6. The smallest absolute Gasteiger partial charge is 0.242 e. The van der Waals surface area contributed by atoms with E-state index < -0.39 is 12.1 Å². The molecule has 1 aromatic rings. The van der Waals surface area contributed by atoms with Crippen LogP contribution in [0.1, 0.15) is 77.2 Å². The minimum atomic E-state index is -0.732. The van der Waals surface area contributed by atoms with Gasteiger partial charge in [0.25, 0.3) is 0 Å². The number of carbonyl (C=O) groups excluding carboxylic acids is 2. The second-order valence-corrected chi connectivity index (χ2v) is 9.85. The highest BCUT2D eigenvalue weighted by atomic mass is 16.5. The van der Waals surface area contributed by atoms with Gasteiger partial charge >= 0.3 is 0 Å². The maximum Gasteiger partial charge on any atom is 0.242 e. The Hall–Kier alpha value is -2.12. The average molecular weight is 476 g/mol. The molecule has 1 aliphatic rings. The Morgan fingerprint density at radius 3 is 2.59 bits per heavy atom. The van der Waals surface area contributed by atoms with Gasteiger partial charge in [-0.25, -0.2) is 0 Å². The number of carbonyl (C=O) groups is 2. The first-order valence-corrected chi connectivity index (χ1v) is 12.9. The molecular formula is C27H45N3O4. The van der Waals surface area contributed by atoms with E-state index in [9.17, 15) is 14.7 Å². The van der Waals surface area contributed by atoms with Crippen LogP contribution in [0.5, 0.6) is 5.75 Å².